The summed E-state index contributed by atoms with van der Waals surface area (Å²) < 4.78 is 5.26. The lowest BCUT2D eigenvalue weighted by atomic mass is 10.1. The summed E-state index contributed by atoms with van der Waals surface area (Å²) in [5, 5.41) is 11.1. The van der Waals surface area contributed by atoms with E-state index in [0.717, 1.165) is 16.8 Å². The van der Waals surface area contributed by atoms with Gasteiger partial charge in [-0.15, -0.1) is 0 Å². The number of nitrogens with one attached hydrogen (secondary N) is 2. The number of thiocarbonyl (C=S) groups is 1. The highest BCUT2D eigenvalue weighted by Gasteiger charge is 2.11. The summed E-state index contributed by atoms with van der Waals surface area (Å²) in [5.41, 5.74) is 2.78. The van der Waals surface area contributed by atoms with Crippen LogP contribution in [-0.2, 0) is 6.54 Å². The van der Waals surface area contributed by atoms with Gasteiger partial charge in [0.05, 0.1) is 17.3 Å². The van der Waals surface area contributed by atoms with Crippen LogP contribution in [-0.4, -0.2) is 15.3 Å². The fourth-order valence-electron chi connectivity index (χ4n) is 2.14. The summed E-state index contributed by atoms with van der Waals surface area (Å²) in [5.74, 6) is 1.02. The fraction of sp³-hybridized carbons (Fsp3) is 0.118. The van der Waals surface area contributed by atoms with E-state index in [1.165, 1.54) is 0 Å². The lowest BCUT2D eigenvalue weighted by Gasteiger charge is -2.09. The molecule has 0 unspecified atom stereocenters. The number of anilines is 1. The van der Waals surface area contributed by atoms with E-state index >= 15 is 0 Å². The van der Waals surface area contributed by atoms with Gasteiger partial charge in [-0.1, -0.05) is 53.2 Å². The minimum absolute atomic E-state index is 0.329. The zero-order valence-electron chi connectivity index (χ0n) is 12.9. The zero-order chi connectivity index (χ0) is 16.9. The van der Waals surface area contributed by atoms with Crippen molar-refractivity contribution in [2.75, 3.05) is 5.32 Å². The van der Waals surface area contributed by atoms with Gasteiger partial charge in [0.15, 0.2) is 5.11 Å². The molecule has 3 rings (SSSR count). The van der Waals surface area contributed by atoms with Crippen molar-refractivity contribution in [2.24, 2.45) is 0 Å². The lowest BCUT2D eigenvalue weighted by Crippen LogP contribution is -2.28. The maximum absolute atomic E-state index is 6.08. The van der Waals surface area contributed by atoms with Gasteiger partial charge >= 0.3 is 0 Å². The first kappa shape index (κ1) is 16.4. The molecule has 1 heterocycles. The Morgan fingerprint density at radius 3 is 2.71 bits per heavy atom. The molecule has 122 valence electrons. The Hall–Kier alpha value is -2.44. The molecule has 2 N–H and O–H groups in total. The van der Waals surface area contributed by atoms with Crippen molar-refractivity contribution >= 4 is 34.6 Å². The van der Waals surface area contributed by atoms with E-state index in [1.54, 1.807) is 6.07 Å². The average molecular weight is 359 g/mol. The lowest BCUT2D eigenvalue weighted by molar-refractivity contribution is 0.376. The van der Waals surface area contributed by atoms with Gasteiger partial charge in [0.2, 0.25) is 11.7 Å². The summed E-state index contributed by atoms with van der Waals surface area (Å²) in [6.45, 7) is 2.33. The predicted molar refractivity (Wildman–Crippen MR) is 99.0 cm³/mol. The van der Waals surface area contributed by atoms with E-state index in [2.05, 4.69) is 20.8 Å². The summed E-state index contributed by atoms with van der Waals surface area (Å²) in [6, 6.07) is 15.3. The van der Waals surface area contributed by atoms with Gasteiger partial charge in [0.25, 0.3) is 0 Å². The van der Waals surface area contributed by atoms with Crippen LogP contribution in [0.1, 0.15) is 11.5 Å². The van der Waals surface area contributed by atoms with Gasteiger partial charge in [-0.3, -0.25) is 0 Å². The molecule has 0 amide bonds. The van der Waals surface area contributed by atoms with Crippen LogP contribution in [0, 0.1) is 6.92 Å². The standard InChI is InChI=1S/C17H15ClN4OS/c1-11-6-2-3-7-12(11)16-21-15(23-22-16)10-19-17(24)20-14-9-5-4-8-13(14)18/h2-9H,10H2,1H3,(H2,19,20,24). The molecule has 1 aromatic heterocycles. The number of hydrogen-bond donors (Lipinski definition) is 2. The number of halogens is 1. The Balaban J connectivity index is 1.61. The molecule has 0 fully saturated rings. The first-order valence-electron chi connectivity index (χ1n) is 7.31. The predicted octanol–water partition coefficient (Wildman–Crippen LogP) is 4.19. The van der Waals surface area contributed by atoms with Gasteiger partial charge in [0, 0.05) is 5.56 Å². The van der Waals surface area contributed by atoms with Crippen LogP contribution >= 0.6 is 23.8 Å². The second-order valence-corrected chi connectivity index (χ2v) is 5.93. The highest BCUT2D eigenvalue weighted by Crippen LogP contribution is 2.21. The summed E-state index contributed by atoms with van der Waals surface area (Å²) >= 11 is 11.3. The molecule has 0 aliphatic carbocycles. The number of aryl methyl sites for hydroxylation is 1. The first-order valence-corrected chi connectivity index (χ1v) is 8.10. The Bertz CT molecular complexity index is 865. The molecular weight excluding hydrogens is 344 g/mol. The van der Waals surface area contributed by atoms with E-state index in [9.17, 15) is 0 Å². The quantitative estimate of drug-likeness (QED) is 0.682. The molecule has 0 saturated heterocycles. The maximum Gasteiger partial charge on any atom is 0.246 e. The molecule has 0 saturated carbocycles. The van der Waals surface area contributed by atoms with Crippen LogP contribution in [0.25, 0.3) is 11.4 Å². The molecule has 0 aliphatic rings. The van der Waals surface area contributed by atoms with Gasteiger partial charge in [0.1, 0.15) is 0 Å². The Morgan fingerprint density at radius 2 is 1.92 bits per heavy atom. The monoisotopic (exact) mass is 358 g/mol. The van der Waals surface area contributed by atoms with Crippen LogP contribution in [0.15, 0.2) is 53.1 Å². The molecule has 0 bridgehead atoms. The number of para-hydroxylation sites is 1. The van der Waals surface area contributed by atoms with Crippen LogP contribution < -0.4 is 10.6 Å². The largest absolute Gasteiger partial charge is 0.353 e. The third-order valence-electron chi connectivity index (χ3n) is 3.38. The van der Waals surface area contributed by atoms with Crippen molar-refractivity contribution in [1.82, 2.24) is 15.5 Å². The smallest absolute Gasteiger partial charge is 0.246 e. The maximum atomic E-state index is 6.08. The minimum Gasteiger partial charge on any atom is -0.353 e. The molecule has 2 aromatic carbocycles. The molecule has 7 heteroatoms. The van der Waals surface area contributed by atoms with Crippen LogP contribution in [0.5, 0.6) is 0 Å². The SMILES string of the molecule is Cc1ccccc1-c1noc(CNC(=S)Nc2ccccc2Cl)n1. The number of aromatic nitrogens is 2. The van der Waals surface area contributed by atoms with Crippen LogP contribution in [0.2, 0.25) is 5.02 Å². The molecule has 24 heavy (non-hydrogen) atoms. The van der Waals surface area contributed by atoms with E-state index in [4.69, 9.17) is 28.3 Å². The summed E-state index contributed by atoms with van der Waals surface area (Å²) in [4.78, 5) is 4.38. The van der Waals surface area contributed by atoms with Crippen molar-refractivity contribution in [3.63, 3.8) is 0 Å². The Kier molecular flexibility index (Phi) is 5.08. The first-order chi connectivity index (χ1) is 11.6. The Labute approximate surface area is 150 Å². The second kappa shape index (κ2) is 7.42. The molecule has 5 nitrogen and oxygen atoms in total. The topological polar surface area (TPSA) is 63.0 Å². The third kappa shape index (κ3) is 3.90. The highest BCUT2D eigenvalue weighted by atomic mass is 35.5. The van der Waals surface area contributed by atoms with E-state index in [-0.39, 0.29) is 0 Å². The average Bonchev–Trinajstić information content (AvgIpc) is 3.04. The van der Waals surface area contributed by atoms with Crippen molar-refractivity contribution in [1.29, 1.82) is 0 Å². The van der Waals surface area contributed by atoms with E-state index < -0.39 is 0 Å². The highest BCUT2D eigenvalue weighted by molar-refractivity contribution is 7.80. The van der Waals surface area contributed by atoms with Crippen molar-refractivity contribution in [3.05, 3.63) is 65.0 Å². The fourth-order valence-corrected chi connectivity index (χ4v) is 2.51. The van der Waals surface area contributed by atoms with Gasteiger partial charge < -0.3 is 15.2 Å². The van der Waals surface area contributed by atoms with Gasteiger partial charge in [-0.25, -0.2) is 0 Å². The van der Waals surface area contributed by atoms with Gasteiger partial charge in [-0.2, -0.15) is 4.98 Å². The summed E-state index contributed by atoms with van der Waals surface area (Å²) in [7, 11) is 0. The van der Waals surface area contributed by atoms with Crippen LogP contribution in [0.3, 0.4) is 0 Å². The second-order valence-electron chi connectivity index (χ2n) is 5.11. The molecule has 0 atom stereocenters. The number of benzene rings is 2. The molecule has 3 aromatic rings. The van der Waals surface area contributed by atoms with E-state index in [1.807, 2.05) is 49.4 Å². The molecule has 0 aliphatic heterocycles. The molecule has 0 spiro atoms. The van der Waals surface area contributed by atoms with Crippen molar-refractivity contribution < 1.29 is 4.52 Å². The van der Waals surface area contributed by atoms with Crippen LogP contribution in [0.4, 0.5) is 5.69 Å². The van der Waals surface area contributed by atoms with E-state index in [0.29, 0.717) is 28.4 Å². The minimum atomic E-state index is 0.329. The normalized spacial score (nSPS) is 10.4. The molecule has 0 radical (unpaired) electrons. The Morgan fingerprint density at radius 1 is 1.17 bits per heavy atom. The third-order valence-corrected chi connectivity index (χ3v) is 3.95. The molecular formula is C17H15ClN4OS. The summed E-state index contributed by atoms with van der Waals surface area (Å²) in [6.07, 6.45) is 0. The number of rotatable bonds is 4. The number of nitrogens with zero attached hydrogens (tertiary/aromatic N) is 2. The zero-order valence-corrected chi connectivity index (χ0v) is 14.5. The number of hydrogen-bond acceptors (Lipinski definition) is 4. The van der Waals surface area contributed by atoms with Gasteiger partial charge in [-0.05, 0) is 36.8 Å². The van der Waals surface area contributed by atoms with Crippen molar-refractivity contribution in [3.8, 4) is 11.4 Å². The van der Waals surface area contributed by atoms with Crippen molar-refractivity contribution in [2.45, 2.75) is 13.5 Å².